The third-order valence-electron chi connectivity index (χ3n) is 12.0. The van der Waals surface area contributed by atoms with Crippen LogP contribution in [0.25, 0.3) is 111 Å². The average Bonchev–Trinajstić information content (AvgIpc) is 3.87. The Bertz CT molecular complexity index is 3550. The summed E-state index contributed by atoms with van der Waals surface area (Å²) in [6.07, 6.45) is 0. The van der Waals surface area contributed by atoms with Crippen LogP contribution in [0.1, 0.15) is 0 Å². The van der Waals surface area contributed by atoms with Gasteiger partial charge < -0.3 is 9.13 Å². The predicted molar refractivity (Wildman–Crippen MR) is 256 cm³/mol. The summed E-state index contributed by atoms with van der Waals surface area (Å²) in [4.78, 5) is 15.5. The van der Waals surface area contributed by atoms with Crippen LogP contribution in [0.3, 0.4) is 0 Å². The van der Waals surface area contributed by atoms with Gasteiger partial charge in [-0.1, -0.05) is 164 Å². The Balaban J connectivity index is 0.977. The normalized spacial score (nSPS) is 11.5. The zero-order valence-electron chi connectivity index (χ0n) is 33.6. The molecule has 0 spiro atoms. The number of fused-ring (bicyclic) bond motifs is 6. The van der Waals surface area contributed by atoms with Crippen molar-refractivity contribution >= 4 is 43.6 Å². The Morgan fingerprint density at radius 2 is 0.629 bits per heavy atom. The Labute approximate surface area is 358 Å². The molecule has 0 saturated carbocycles. The first-order chi connectivity index (χ1) is 30.7. The molecule has 3 aromatic heterocycles. The molecule has 0 bridgehead atoms. The molecule has 0 atom stereocenters. The number of rotatable bonds is 7. The smallest absolute Gasteiger partial charge is 0.164 e. The van der Waals surface area contributed by atoms with Crippen LogP contribution in [0.15, 0.2) is 224 Å². The molecule has 0 aliphatic heterocycles. The van der Waals surface area contributed by atoms with Gasteiger partial charge in [0, 0.05) is 49.6 Å². The van der Waals surface area contributed by atoms with Gasteiger partial charge in [0.1, 0.15) is 0 Å². The molecule has 0 N–H and O–H groups in total. The second-order valence-electron chi connectivity index (χ2n) is 15.6. The first kappa shape index (κ1) is 35.5. The lowest BCUT2D eigenvalue weighted by Crippen LogP contribution is -2.01. The van der Waals surface area contributed by atoms with Crippen molar-refractivity contribution < 1.29 is 0 Å². The average molecular weight is 792 g/mol. The highest BCUT2D eigenvalue weighted by atomic mass is 15.0. The molecule has 12 rings (SSSR count). The Morgan fingerprint density at radius 3 is 1.23 bits per heavy atom. The van der Waals surface area contributed by atoms with E-state index in [1.54, 1.807) is 0 Å². The lowest BCUT2D eigenvalue weighted by molar-refractivity contribution is 1.07. The molecule has 0 unspecified atom stereocenters. The van der Waals surface area contributed by atoms with Crippen LogP contribution in [0.5, 0.6) is 0 Å². The maximum absolute atomic E-state index is 5.19. The molecule has 9 aromatic carbocycles. The highest BCUT2D eigenvalue weighted by molar-refractivity contribution is 6.12. The molecular weight excluding hydrogens is 755 g/mol. The van der Waals surface area contributed by atoms with Crippen LogP contribution in [-0.2, 0) is 0 Å². The van der Waals surface area contributed by atoms with E-state index in [0.29, 0.717) is 17.5 Å². The number of aromatic nitrogens is 5. The van der Waals surface area contributed by atoms with Crippen LogP contribution in [0, 0.1) is 0 Å². The standard InChI is InChI=1S/C57H37N5/c1-3-15-38(16-4-1)39-27-29-41(30-28-39)55-58-56(60-57(59-55)49-23-8-7-19-45(49)40-17-5-2-6-18-40)42-31-33-43(34-32-42)61-53-26-14-11-22-48(53)50-37-44(35-36-54(50)61)62-51-24-12-9-20-46(51)47-21-10-13-25-52(47)62/h1-37H. The molecule has 3 heterocycles. The number of hydrogen-bond acceptors (Lipinski definition) is 3. The van der Waals surface area contributed by atoms with E-state index in [4.69, 9.17) is 15.0 Å². The number of para-hydroxylation sites is 3. The van der Waals surface area contributed by atoms with E-state index >= 15 is 0 Å². The first-order valence-electron chi connectivity index (χ1n) is 20.9. The molecule has 0 saturated heterocycles. The summed E-state index contributed by atoms with van der Waals surface area (Å²) in [6, 6.07) is 79.2. The molecule has 290 valence electrons. The first-order valence-corrected chi connectivity index (χ1v) is 20.9. The third kappa shape index (κ3) is 5.98. The van der Waals surface area contributed by atoms with Crippen molar-refractivity contribution in [3.63, 3.8) is 0 Å². The summed E-state index contributed by atoms with van der Waals surface area (Å²) < 4.78 is 4.75. The van der Waals surface area contributed by atoms with Gasteiger partial charge in [0.05, 0.1) is 22.1 Å². The maximum atomic E-state index is 5.19. The number of hydrogen-bond donors (Lipinski definition) is 0. The van der Waals surface area contributed by atoms with E-state index in [-0.39, 0.29) is 0 Å². The minimum Gasteiger partial charge on any atom is -0.309 e. The predicted octanol–water partition coefficient (Wildman–Crippen LogP) is 14.4. The SMILES string of the molecule is c1ccc(-c2ccc(-c3nc(-c4ccc(-n5c6ccccc6c6cc(-n7c8ccccc8c8ccccc87)ccc65)cc4)nc(-c4ccccc4-c4ccccc4)n3)cc2)cc1. The van der Waals surface area contributed by atoms with Gasteiger partial charge in [-0.15, -0.1) is 0 Å². The van der Waals surface area contributed by atoms with Crippen molar-refractivity contribution in [1.82, 2.24) is 24.1 Å². The molecule has 0 aliphatic rings. The second-order valence-corrected chi connectivity index (χ2v) is 15.6. The van der Waals surface area contributed by atoms with Gasteiger partial charge >= 0.3 is 0 Å². The lowest BCUT2D eigenvalue weighted by atomic mass is 9.99. The topological polar surface area (TPSA) is 48.5 Å². The van der Waals surface area contributed by atoms with Crippen molar-refractivity contribution in [3.05, 3.63) is 224 Å². The zero-order chi connectivity index (χ0) is 41.0. The van der Waals surface area contributed by atoms with Crippen molar-refractivity contribution in [2.24, 2.45) is 0 Å². The van der Waals surface area contributed by atoms with E-state index in [9.17, 15) is 0 Å². The van der Waals surface area contributed by atoms with Gasteiger partial charge in [0.15, 0.2) is 17.5 Å². The summed E-state index contributed by atoms with van der Waals surface area (Å²) in [5, 5.41) is 4.91. The van der Waals surface area contributed by atoms with Crippen LogP contribution < -0.4 is 0 Å². The third-order valence-corrected chi connectivity index (χ3v) is 12.0. The molecule has 0 aliphatic carbocycles. The van der Waals surface area contributed by atoms with E-state index < -0.39 is 0 Å². The quantitative estimate of drug-likeness (QED) is 0.162. The second kappa shape index (κ2) is 14.7. The summed E-state index contributed by atoms with van der Waals surface area (Å²) >= 11 is 0. The lowest BCUT2D eigenvalue weighted by Gasteiger charge is -2.13. The highest BCUT2D eigenvalue weighted by Gasteiger charge is 2.19. The summed E-state index contributed by atoms with van der Waals surface area (Å²) in [5.74, 6) is 1.87. The van der Waals surface area contributed by atoms with Gasteiger partial charge in [-0.3, -0.25) is 0 Å². The van der Waals surface area contributed by atoms with Gasteiger partial charge in [-0.2, -0.15) is 0 Å². The van der Waals surface area contributed by atoms with Crippen LogP contribution in [0.2, 0.25) is 0 Å². The Hall–Kier alpha value is -8.41. The molecule has 5 heteroatoms. The van der Waals surface area contributed by atoms with Crippen LogP contribution in [-0.4, -0.2) is 24.1 Å². The van der Waals surface area contributed by atoms with E-state index in [1.807, 2.05) is 18.2 Å². The Kier molecular flexibility index (Phi) is 8.42. The summed E-state index contributed by atoms with van der Waals surface area (Å²) in [7, 11) is 0. The largest absolute Gasteiger partial charge is 0.309 e. The summed E-state index contributed by atoms with van der Waals surface area (Å²) in [6.45, 7) is 0. The van der Waals surface area contributed by atoms with E-state index in [1.165, 1.54) is 38.1 Å². The zero-order valence-corrected chi connectivity index (χ0v) is 33.6. The van der Waals surface area contributed by atoms with Crippen molar-refractivity contribution in [2.45, 2.75) is 0 Å². The minimum absolute atomic E-state index is 0.615. The van der Waals surface area contributed by atoms with Crippen molar-refractivity contribution in [1.29, 1.82) is 0 Å². The fourth-order valence-corrected chi connectivity index (χ4v) is 9.08. The van der Waals surface area contributed by atoms with E-state index in [0.717, 1.165) is 55.8 Å². The van der Waals surface area contributed by atoms with Crippen LogP contribution >= 0.6 is 0 Å². The maximum Gasteiger partial charge on any atom is 0.164 e. The fourth-order valence-electron chi connectivity index (χ4n) is 9.08. The number of nitrogens with zero attached hydrogens (tertiary/aromatic N) is 5. The van der Waals surface area contributed by atoms with Gasteiger partial charge in [-0.25, -0.2) is 15.0 Å². The fraction of sp³-hybridized carbons (Fsp3) is 0. The molecule has 0 amide bonds. The molecule has 62 heavy (non-hydrogen) atoms. The monoisotopic (exact) mass is 791 g/mol. The molecule has 12 aromatic rings. The minimum atomic E-state index is 0.615. The van der Waals surface area contributed by atoms with Crippen molar-refractivity contribution in [3.8, 4) is 67.8 Å². The van der Waals surface area contributed by atoms with Crippen LogP contribution in [0.4, 0.5) is 0 Å². The van der Waals surface area contributed by atoms with E-state index in [2.05, 4.69) is 215 Å². The number of benzene rings is 9. The summed E-state index contributed by atoms with van der Waals surface area (Å²) in [5.41, 5.74) is 14.2. The molecule has 5 nitrogen and oxygen atoms in total. The highest BCUT2D eigenvalue weighted by Crippen LogP contribution is 2.38. The van der Waals surface area contributed by atoms with Crippen molar-refractivity contribution in [2.75, 3.05) is 0 Å². The molecule has 0 fully saturated rings. The molecule has 0 radical (unpaired) electrons. The van der Waals surface area contributed by atoms with Gasteiger partial charge in [0.25, 0.3) is 0 Å². The molecular formula is C57H37N5. The van der Waals surface area contributed by atoms with Gasteiger partial charge in [-0.05, 0) is 82.9 Å². The van der Waals surface area contributed by atoms with Gasteiger partial charge in [0.2, 0.25) is 0 Å². The Morgan fingerprint density at radius 1 is 0.242 bits per heavy atom.